The average Bonchev–Trinajstić information content (AvgIpc) is 2.41. The minimum absolute atomic E-state index is 0.525. The van der Waals surface area contributed by atoms with Crippen molar-refractivity contribution in [3.8, 4) is 0 Å². The minimum Gasteiger partial charge on any atom is -0.313 e. The molecule has 0 saturated carbocycles. The molecule has 0 aliphatic heterocycles. The lowest BCUT2D eigenvalue weighted by Crippen LogP contribution is -2.47. The molecule has 1 heterocycles. The molecule has 1 aromatic heterocycles. The van der Waals surface area contributed by atoms with Crippen molar-refractivity contribution in [1.82, 2.24) is 15.2 Å². The quantitative estimate of drug-likeness (QED) is 0.781. The highest BCUT2D eigenvalue weighted by Gasteiger charge is 2.20. The van der Waals surface area contributed by atoms with Crippen LogP contribution in [0.3, 0.4) is 0 Å². The van der Waals surface area contributed by atoms with Gasteiger partial charge in [-0.15, -0.1) is 0 Å². The highest BCUT2D eigenvalue weighted by molar-refractivity contribution is 5.10. The topological polar surface area (TPSA) is 28.2 Å². The zero-order chi connectivity index (χ0) is 14.3. The lowest BCUT2D eigenvalue weighted by atomic mass is 10.1. The molecule has 3 nitrogen and oxygen atoms in total. The van der Waals surface area contributed by atoms with E-state index in [9.17, 15) is 0 Å². The Hall–Kier alpha value is -0.930. The van der Waals surface area contributed by atoms with Crippen molar-refractivity contribution in [1.29, 1.82) is 0 Å². The molecule has 1 rings (SSSR count). The van der Waals surface area contributed by atoms with Crippen molar-refractivity contribution >= 4 is 0 Å². The smallest absolute Gasteiger partial charge is 0.0547 e. The van der Waals surface area contributed by atoms with Crippen LogP contribution in [0.1, 0.15) is 45.5 Å². The van der Waals surface area contributed by atoms with Crippen molar-refractivity contribution in [3.63, 3.8) is 0 Å². The third kappa shape index (κ3) is 4.92. The summed E-state index contributed by atoms with van der Waals surface area (Å²) < 4.78 is 0. The van der Waals surface area contributed by atoms with Crippen LogP contribution in [-0.2, 0) is 6.54 Å². The van der Waals surface area contributed by atoms with Crippen molar-refractivity contribution in [2.75, 3.05) is 13.1 Å². The number of hydrogen-bond acceptors (Lipinski definition) is 3. The molecule has 1 N–H and O–H groups in total. The van der Waals surface area contributed by atoms with Crippen LogP contribution < -0.4 is 5.32 Å². The summed E-state index contributed by atoms with van der Waals surface area (Å²) >= 11 is 0. The van der Waals surface area contributed by atoms with Crippen LogP contribution in [0.4, 0.5) is 0 Å². The molecule has 2 unspecified atom stereocenters. The molecule has 0 radical (unpaired) electrons. The first-order valence-corrected chi connectivity index (χ1v) is 7.52. The highest BCUT2D eigenvalue weighted by Crippen LogP contribution is 2.12. The molecule has 108 valence electrons. The van der Waals surface area contributed by atoms with Crippen LogP contribution in [0.5, 0.6) is 0 Å². The molecular formula is C16H29N3. The Morgan fingerprint density at radius 2 is 2.00 bits per heavy atom. The number of pyridine rings is 1. The van der Waals surface area contributed by atoms with Gasteiger partial charge in [0.05, 0.1) is 5.69 Å². The maximum absolute atomic E-state index is 4.61. The van der Waals surface area contributed by atoms with Crippen LogP contribution in [0, 0.1) is 6.92 Å². The van der Waals surface area contributed by atoms with E-state index in [1.807, 2.05) is 0 Å². The van der Waals surface area contributed by atoms with Gasteiger partial charge in [0.15, 0.2) is 0 Å². The minimum atomic E-state index is 0.525. The molecule has 19 heavy (non-hydrogen) atoms. The van der Waals surface area contributed by atoms with Crippen molar-refractivity contribution < 1.29 is 0 Å². The number of aryl methyl sites for hydroxylation is 1. The average molecular weight is 263 g/mol. The summed E-state index contributed by atoms with van der Waals surface area (Å²) in [5.74, 6) is 0. The largest absolute Gasteiger partial charge is 0.313 e. The Bertz CT molecular complexity index is 365. The third-order valence-electron chi connectivity index (χ3n) is 3.78. The first kappa shape index (κ1) is 16.1. The van der Waals surface area contributed by atoms with Gasteiger partial charge >= 0.3 is 0 Å². The summed E-state index contributed by atoms with van der Waals surface area (Å²) in [7, 11) is 0. The standard InChI is InChI=1S/C16H29N3/c1-6-16(17-7-2)14(5)19(8-3)12-15-11-9-10-13(4)18-15/h9-11,14,16-17H,6-8,12H2,1-5H3. The summed E-state index contributed by atoms with van der Waals surface area (Å²) in [6, 6.07) is 7.34. The summed E-state index contributed by atoms with van der Waals surface area (Å²) in [5.41, 5.74) is 2.26. The van der Waals surface area contributed by atoms with Gasteiger partial charge in [-0.2, -0.15) is 0 Å². The molecule has 0 fully saturated rings. The third-order valence-corrected chi connectivity index (χ3v) is 3.78. The fraction of sp³-hybridized carbons (Fsp3) is 0.688. The zero-order valence-electron chi connectivity index (χ0n) is 13.1. The van der Waals surface area contributed by atoms with Crippen LogP contribution in [-0.4, -0.2) is 35.1 Å². The number of rotatable bonds is 8. The molecule has 0 aromatic carbocycles. The van der Waals surface area contributed by atoms with E-state index in [-0.39, 0.29) is 0 Å². The fourth-order valence-corrected chi connectivity index (χ4v) is 2.61. The summed E-state index contributed by atoms with van der Waals surface area (Å²) in [6.07, 6.45) is 1.16. The van der Waals surface area contributed by atoms with E-state index in [1.54, 1.807) is 0 Å². The van der Waals surface area contributed by atoms with E-state index < -0.39 is 0 Å². The Kier molecular flexibility index (Phi) is 7.03. The van der Waals surface area contributed by atoms with Gasteiger partial charge in [-0.25, -0.2) is 0 Å². The number of nitrogens with zero attached hydrogens (tertiary/aromatic N) is 2. The van der Waals surface area contributed by atoms with E-state index in [4.69, 9.17) is 0 Å². The second-order valence-electron chi connectivity index (χ2n) is 5.15. The van der Waals surface area contributed by atoms with Gasteiger partial charge in [-0.1, -0.05) is 26.8 Å². The van der Waals surface area contributed by atoms with E-state index in [1.165, 1.54) is 5.69 Å². The van der Waals surface area contributed by atoms with Crippen LogP contribution in [0.25, 0.3) is 0 Å². The maximum atomic E-state index is 4.61. The highest BCUT2D eigenvalue weighted by atomic mass is 15.2. The van der Waals surface area contributed by atoms with Crippen molar-refractivity contribution in [2.45, 2.75) is 59.7 Å². The van der Waals surface area contributed by atoms with E-state index in [0.717, 1.165) is 31.7 Å². The molecule has 0 spiro atoms. The van der Waals surface area contributed by atoms with Gasteiger partial charge in [0, 0.05) is 24.3 Å². The monoisotopic (exact) mass is 263 g/mol. The first-order chi connectivity index (χ1) is 9.12. The summed E-state index contributed by atoms with van der Waals surface area (Å²) in [6.45, 7) is 14.0. The van der Waals surface area contributed by atoms with Crippen LogP contribution in [0.15, 0.2) is 18.2 Å². The van der Waals surface area contributed by atoms with Gasteiger partial charge in [-0.3, -0.25) is 9.88 Å². The van der Waals surface area contributed by atoms with E-state index >= 15 is 0 Å². The molecule has 0 aliphatic carbocycles. The molecule has 0 aliphatic rings. The number of nitrogens with one attached hydrogen (secondary N) is 1. The van der Waals surface area contributed by atoms with E-state index in [2.05, 4.69) is 68.0 Å². The second-order valence-corrected chi connectivity index (χ2v) is 5.15. The Morgan fingerprint density at radius 1 is 1.26 bits per heavy atom. The Morgan fingerprint density at radius 3 is 2.53 bits per heavy atom. The summed E-state index contributed by atoms with van der Waals surface area (Å²) in [4.78, 5) is 7.11. The SMILES string of the molecule is CCNC(CC)C(C)N(CC)Cc1cccc(C)n1. The zero-order valence-corrected chi connectivity index (χ0v) is 13.1. The van der Waals surface area contributed by atoms with Gasteiger partial charge < -0.3 is 5.32 Å². The number of aromatic nitrogens is 1. The number of likely N-dealkylation sites (N-methyl/N-ethyl adjacent to an activating group) is 2. The maximum Gasteiger partial charge on any atom is 0.0547 e. The van der Waals surface area contributed by atoms with Crippen LogP contribution >= 0.6 is 0 Å². The van der Waals surface area contributed by atoms with E-state index in [0.29, 0.717) is 12.1 Å². The van der Waals surface area contributed by atoms with Gasteiger partial charge in [0.1, 0.15) is 0 Å². The molecule has 0 saturated heterocycles. The molecule has 2 atom stereocenters. The molecular weight excluding hydrogens is 234 g/mol. The van der Waals surface area contributed by atoms with Gasteiger partial charge in [-0.05, 0) is 45.5 Å². The Labute approximate surface area is 118 Å². The van der Waals surface area contributed by atoms with Gasteiger partial charge in [0.25, 0.3) is 0 Å². The fourth-order valence-electron chi connectivity index (χ4n) is 2.61. The molecule has 1 aromatic rings. The molecule has 3 heteroatoms. The Balaban J connectivity index is 2.71. The van der Waals surface area contributed by atoms with Crippen LogP contribution in [0.2, 0.25) is 0 Å². The predicted octanol–water partition coefficient (Wildman–Crippen LogP) is 2.99. The number of hydrogen-bond donors (Lipinski definition) is 1. The second kappa shape index (κ2) is 8.28. The predicted molar refractivity (Wildman–Crippen MR) is 82.3 cm³/mol. The normalized spacial score (nSPS) is 14.6. The molecule has 0 amide bonds. The summed E-state index contributed by atoms with van der Waals surface area (Å²) in [5, 5.41) is 3.58. The van der Waals surface area contributed by atoms with Crippen molar-refractivity contribution in [2.24, 2.45) is 0 Å². The lowest BCUT2D eigenvalue weighted by molar-refractivity contribution is 0.165. The first-order valence-electron chi connectivity index (χ1n) is 7.52. The van der Waals surface area contributed by atoms with Crippen molar-refractivity contribution in [3.05, 3.63) is 29.6 Å². The van der Waals surface area contributed by atoms with Gasteiger partial charge in [0.2, 0.25) is 0 Å². The lowest BCUT2D eigenvalue weighted by Gasteiger charge is -2.34. The molecule has 0 bridgehead atoms.